The second kappa shape index (κ2) is 5.78. The van der Waals surface area contributed by atoms with Crippen LogP contribution in [0.1, 0.15) is 58.6 Å². The highest BCUT2D eigenvalue weighted by Gasteiger charge is 2.70. The molecular formula is C22H33N2O4+. The average molecular weight is 390 g/mol. The highest BCUT2D eigenvalue weighted by Crippen LogP contribution is 2.57. The first-order valence-electron chi connectivity index (χ1n) is 10.1. The van der Waals surface area contributed by atoms with Gasteiger partial charge >= 0.3 is 6.09 Å². The predicted octanol–water partition coefficient (Wildman–Crippen LogP) is 2.58. The molecule has 0 unspecified atom stereocenters. The number of carbonyl (C=O) groups is 1. The van der Waals surface area contributed by atoms with E-state index in [-0.39, 0.29) is 17.2 Å². The first-order valence-corrected chi connectivity index (χ1v) is 10.1. The lowest BCUT2D eigenvalue weighted by Crippen LogP contribution is -3.07. The quantitative estimate of drug-likeness (QED) is 0.844. The Hall–Kier alpha value is -1.95. The molecule has 1 aromatic carbocycles. The minimum absolute atomic E-state index is 0.0325. The van der Waals surface area contributed by atoms with Crippen LogP contribution < -0.4 is 14.8 Å². The third-order valence-electron chi connectivity index (χ3n) is 6.93. The van der Waals surface area contributed by atoms with Crippen LogP contribution in [-0.2, 0) is 16.7 Å². The molecule has 0 radical (unpaired) electrons. The zero-order chi connectivity index (χ0) is 20.5. The summed E-state index contributed by atoms with van der Waals surface area (Å²) in [6.45, 7) is 11.8. The normalized spacial score (nSPS) is 29.1. The Morgan fingerprint density at radius 1 is 1.00 bits per heavy atom. The smallest absolute Gasteiger partial charge is 0.411 e. The molecule has 6 nitrogen and oxygen atoms in total. The summed E-state index contributed by atoms with van der Waals surface area (Å²) in [6, 6.07) is 4.13. The summed E-state index contributed by atoms with van der Waals surface area (Å²) < 4.78 is 17.4. The van der Waals surface area contributed by atoms with E-state index in [2.05, 4.69) is 52.1 Å². The largest absolute Gasteiger partial charge is 0.493 e. The number of benzene rings is 1. The first kappa shape index (κ1) is 19.4. The maximum absolute atomic E-state index is 13.0. The number of nitrogens with two attached hydrogens (primary N) is 1. The van der Waals surface area contributed by atoms with Gasteiger partial charge in [-0.25, -0.2) is 4.79 Å². The van der Waals surface area contributed by atoms with Gasteiger partial charge in [0.2, 0.25) is 0 Å². The topological polar surface area (TPSA) is 64.6 Å². The summed E-state index contributed by atoms with van der Waals surface area (Å²) >= 11 is 0. The third kappa shape index (κ3) is 2.53. The molecule has 1 spiro atoms. The van der Waals surface area contributed by atoms with Gasteiger partial charge in [-0.05, 0) is 64.3 Å². The lowest BCUT2D eigenvalue weighted by atomic mass is 9.61. The fourth-order valence-electron chi connectivity index (χ4n) is 6.38. The number of rotatable bonds is 2. The van der Waals surface area contributed by atoms with E-state index >= 15 is 0 Å². The maximum atomic E-state index is 13.0. The van der Waals surface area contributed by atoms with Gasteiger partial charge < -0.3 is 19.5 Å². The van der Waals surface area contributed by atoms with Gasteiger partial charge in [-0.15, -0.1) is 0 Å². The van der Waals surface area contributed by atoms with Gasteiger partial charge in [-0.2, -0.15) is 0 Å². The molecule has 154 valence electrons. The lowest BCUT2D eigenvalue weighted by Gasteiger charge is -2.54. The Bertz CT molecular complexity index is 816. The van der Waals surface area contributed by atoms with Crippen LogP contribution in [0.3, 0.4) is 0 Å². The van der Waals surface area contributed by atoms with Gasteiger partial charge in [-0.1, -0.05) is 0 Å². The van der Waals surface area contributed by atoms with Gasteiger partial charge in [0.15, 0.2) is 17.1 Å². The van der Waals surface area contributed by atoms with Crippen LogP contribution in [-0.4, -0.2) is 48.4 Å². The minimum Gasteiger partial charge on any atom is -0.493 e. The van der Waals surface area contributed by atoms with E-state index < -0.39 is 11.1 Å². The van der Waals surface area contributed by atoms with Crippen LogP contribution in [0.15, 0.2) is 12.1 Å². The summed E-state index contributed by atoms with van der Waals surface area (Å²) in [4.78, 5) is 15.0. The SMILES string of the molecule is COc1cc2c(cc1OC)[C@@]1(C)N(CC2)C(=O)OC12CC(C)(C)[NH2+]C(C)(C)C2. The van der Waals surface area contributed by atoms with E-state index in [1.54, 1.807) is 14.2 Å². The fraction of sp³-hybridized carbons (Fsp3) is 0.682. The van der Waals surface area contributed by atoms with Crippen molar-refractivity contribution in [1.82, 2.24) is 4.90 Å². The summed E-state index contributed by atoms with van der Waals surface area (Å²) in [5, 5.41) is 2.42. The fourth-order valence-corrected chi connectivity index (χ4v) is 6.38. The van der Waals surface area contributed by atoms with Crippen molar-refractivity contribution in [3.8, 4) is 11.5 Å². The van der Waals surface area contributed by atoms with Crippen molar-refractivity contribution in [2.45, 2.75) is 76.1 Å². The van der Waals surface area contributed by atoms with Gasteiger partial charge in [0, 0.05) is 19.4 Å². The number of nitrogens with zero attached hydrogens (tertiary/aromatic N) is 1. The Balaban J connectivity index is 1.94. The molecule has 3 heterocycles. The van der Waals surface area contributed by atoms with E-state index in [4.69, 9.17) is 14.2 Å². The van der Waals surface area contributed by atoms with Crippen molar-refractivity contribution in [3.05, 3.63) is 23.3 Å². The Labute approximate surface area is 167 Å². The van der Waals surface area contributed by atoms with Crippen molar-refractivity contribution in [1.29, 1.82) is 0 Å². The van der Waals surface area contributed by atoms with E-state index in [0.29, 0.717) is 12.3 Å². The summed E-state index contributed by atoms with van der Waals surface area (Å²) in [5.41, 5.74) is 1.14. The molecule has 28 heavy (non-hydrogen) atoms. The van der Waals surface area contributed by atoms with Crippen molar-refractivity contribution < 1.29 is 24.3 Å². The highest BCUT2D eigenvalue weighted by molar-refractivity contribution is 5.75. The average Bonchev–Trinajstić information content (AvgIpc) is 2.77. The first-order chi connectivity index (χ1) is 13.0. The molecule has 0 saturated carbocycles. The highest BCUT2D eigenvalue weighted by atomic mass is 16.6. The second-order valence-electron chi connectivity index (χ2n) is 10.2. The van der Waals surface area contributed by atoms with Crippen LogP contribution in [0, 0.1) is 0 Å². The van der Waals surface area contributed by atoms with E-state index in [1.165, 1.54) is 5.56 Å². The van der Waals surface area contributed by atoms with Crippen LogP contribution >= 0.6 is 0 Å². The zero-order valence-electron chi connectivity index (χ0n) is 18.1. The molecular weight excluding hydrogens is 356 g/mol. The zero-order valence-corrected chi connectivity index (χ0v) is 18.1. The molecule has 3 aliphatic heterocycles. The maximum Gasteiger partial charge on any atom is 0.411 e. The van der Waals surface area contributed by atoms with Crippen LogP contribution in [0.25, 0.3) is 0 Å². The molecule has 0 aromatic heterocycles. The molecule has 0 aliphatic carbocycles. The second-order valence-corrected chi connectivity index (χ2v) is 10.2. The summed E-state index contributed by atoms with van der Waals surface area (Å²) in [6.07, 6.45) is 2.19. The van der Waals surface area contributed by atoms with E-state index in [0.717, 1.165) is 30.6 Å². The summed E-state index contributed by atoms with van der Waals surface area (Å²) in [7, 11) is 3.31. The standard InChI is InChI=1S/C22H32N2O4/c1-19(2)12-22(13-20(3,4)23-19)21(5)15-11-17(27-7)16(26-6)10-14(15)8-9-24(21)18(25)28-22/h10-11,23H,8-9,12-13H2,1-7H3/p+1/t21-/m1/s1. The monoisotopic (exact) mass is 389 g/mol. The molecule has 6 heteroatoms. The number of fused-ring (bicyclic) bond motifs is 4. The Morgan fingerprint density at radius 2 is 1.57 bits per heavy atom. The van der Waals surface area contributed by atoms with Crippen molar-refractivity contribution >= 4 is 6.09 Å². The Morgan fingerprint density at radius 3 is 2.14 bits per heavy atom. The molecule has 2 saturated heterocycles. The summed E-state index contributed by atoms with van der Waals surface area (Å²) in [5.74, 6) is 1.43. The van der Waals surface area contributed by atoms with Crippen LogP contribution in [0.4, 0.5) is 4.79 Å². The third-order valence-corrected chi connectivity index (χ3v) is 6.93. The Kier molecular flexibility index (Phi) is 4.00. The molecule has 1 atom stereocenters. The van der Waals surface area contributed by atoms with Gasteiger partial charge in [0.25, 0.3) is 0 Å². The number of hydrogen-bond donors (Lipinski definition) is 1. The van der Waals surface area contributed by atoms with Crippen molar-refractivity contribution in [3.63, 3.8) is 0 Å². The van der Waals surface area contributed by atoms with Crippen LogP contribution in [0.2, 0.25) is 0 Å². The van der Waals surface area contributed by atoms with Crippen LogP contribution in [0.5, 0.6) is 11.5 Å². The van der Waals surface area contributed by atoms with Gasteiger partial charge in [-0.3, -0.25) is 4.90 Å². The number of ether oxygens (including phenoxy) is 3. The number of piperidine rings is 1. The molecule has 1 amide bonds. The van der Waals surface area contributed by atoms with Gasteiger partial charge in [0.1, 0.15) is 5.54 Å². The molecule has 4 rings (SSSR count). The number of carbonyl (C=O) groups excluding carboxylic acids is 1. The van der Waals surface area contributed by atoms with Gasteiger partial charge in [0.05, 0.1) is 25.3 Å². The predicted molar refractivity (Wildman–Crippen MR) is 106 cm³/mol. The number of amides is 1. The molecule has 2 fully saturated rings. The number of hydrogen-bond acceptors (Lipinski definition) is 4. The number of quaternary nitrogens is 1. The van der Waals surface area contributed by atoms with Crippen molar-refractivity contribution in [2.75, 3.05) is 20.8 Å². The lowest BCUT2D eigenvalue weighted by molar-refractivity contribution is -0.792. The van der Waals surface area contributed by atoms with E-state index in [1.807, 2.05) is 4.90 Å². The number of methoxy groups -OCH3 is 2. The molecule has 3 aliphatic rings. The molecule has 1 aromatic rings. The van der Waals surface area contributed by atoms with E-state index in [9.17, 15) is 4.79 Å². The van der Waals surface area contributed by atoms with Crippen molar-refractivity contribution in [2.24, 2.45) is 0 Å². The minimum atomic E-state index is -0.583. The molecule has 2 N–H and O–H groups in total. The molecule has 0 bridgehead atoms.